The number of nitrogens with zero attached hydrogens (tertiary/aromatic N) is 3. The summed E-state index contributed by atoms with van der Waals surface area (Å²) >= 11 is 1.16. The molecule has 8 nitrogen and oxygen atoms in total. The predicted molar refractivity (Wildman–Crippen MR) is 126 cm³/mol. The van der Waals surface area contributed by atoms with E-state index in [0.29, 0.717) is 35.3 Å². The monoisotopic (exact) mass is 465 g/mol. The number of thiazole rings is 1. The summed E-state index contributed by atoms with van der Waals surface area (Å²) in [4.78, 5) is 43.5. The van der Waals surface area contributed by atoms with Gasteiger partial charge in [-0.1, -0.05) is 18.2 Å². The van der Waals surface area contributed by atoms with E-state index < -0.39 is 5.82 Å². The van der Waals surface area contributed by atoms with Crippen molar-refractivity contribution < 1.29 is 18.8 Å². The SMILES string of the molecule is CC(=O)N(c1nc(/C=C/C(=O)Nc2cccc(N3CCNC3=O)c2)cs1)c1ccccc1F. The van der Waals surface area contributed by atoms with Crippen LogP contribution in [0.1, 0.15) is 12.6 Å². The van der Waals surface area contributed by atoms with E-state index >= 15 is 0 Å². The van der Waals surface area contributed by atoms with E-state index in [9.17, 15) is 18.8 Å². The van der Waals surface area contributed by atoms with E-state index in [1.165, 1.54) is 36.1 Å². The van der Waals surface area contributed by atoms with Gasteiger partial charge >= 0.3 is 6.03 Å². The van der Waals surface area contributed by atoms with Gasteiger partial charge in [0.1, 0.15) is 5.82 Å². The second-order valence-electron chi connectivity index (χ2n) is 7.12. The predicted octanol–water partition coefficient (Wildman–Crippen LogP) is 4.15. The lowest BCUT2D eigenvalue weighted by Gasteiger charge is -2.18. The van der Waals surface area contributed by atoms with Gasteiger partial charge in [0.15, 0.2) is 5.13 Å². The highest BCUT2D eigenvalue weighted by atomic mass is 32.1. The molecule has 1 aromatic heterocycles. The van der Waals surface area contributed by atoms with Crippen LogP contribution in [0.15, 0.2) is 60.0 Å². The van der Waals surface area contributed by atoms with Crippen molar-refractivity contribution in [2.45, 2.75) is 6.92 Å². The van der Waals surface area contributed by atoms with Crippen LogP contribution in [0.25, 0.3) is 6.08 Å². The minimum Gasteiger partial charge on any atom is -0.336 e. The van der Waals surface area contributed by atoms with Gasteiger partial charge in [0.25, 0.3) is 0 Å². The Morgan fingerprint density at radius 3 is 2.79 bits per heavy atom. The summed E-state index contributed by atoms with van der Waals surface area (Å²) < 4.78 is 14.2. The third-order valence-electron chi connectivity index (χ3n) is 4.80. The topological polar surface area (TPSA) is 94.6 Å². The first-order valence-electron chi connectivity index (χ1n) is 10.1. The van der Waals surface area contributed by atoms with Crippen LogP contribution in [0.4, 0.5) is 31.4 Å². The molecule has 0 bridgehead atoms. The van der Waals surface area contributed by atoms with Crippen LogP contribution in [-0.4, -0.2) is 35.9 Å². The molecule has 1 aliphatic heterocycles. The molecule has 0 saturated carbocycles. The molecule has 2 N–H and O–H groups in total. The van der Waals surface area contributed by atoms with Crippen molar-refractivity contribution in [3.05, 3.63) is 71.5 Å². The molecule has 4 rings (SSSR count). The minimum absolute atomic E-state index is 0.110. The number of halogens is 1. The van der Waals surface area contributed by atoms with Gasteiger partial charge in [-0.3, -0.25) is 19.4 Å². The van der Waals surface area contributed by atoms with Crippen molar-refractivity contribution in [2.75, 3.05) is 28.2 Å². The first-order chi connectivity index (χ1) is 15.9. The molecular weight excluding hydrogens is 445 g/mol. The van der Waals surface area contributed by atoms with Gasteiger partial charge in [0.2, 0.25) is 11.8 Å². The Bertz CT molecular complexity index is 1240. The van der Waals surface area contributed by atoms with Crippen molar-refractivity contribution >= 4 is 57.5 Å². The van der Waals surface area contributed by atoms with Crippen molar-refractivity contribution in [2.24, 2.45) is 0 Å². The van der Waals surface area contributed by atoms with Crippen molar-refractivity contribution in [1.82, 2.24) is 10.3 Å². The number of benzene rings is 2. The van der Waals surface area contributed by atoms with Crippen LogP contribution in [0.2, 0.25) is 0 Å². The van der Waals surface area contributed by atoms with Crippen LogP contribution in [0, 0.1) is 5.82 Å². The number of aromatic nitrogens is 1. The molecule has 0 spiro atoms. The molecule has 168 valence electrons. The lowest BCUT2D eigenvalue weighted by molar-refractivity contribution is -0.116. The van der Waals surface area contributed by atoms with Crippen molar-refractivity contribution in [3.63, 3.8) is 0 Å². The maximum Gasteiger partial charge on any atom is 0.321 e. The second-order valence-corrected chi connectivity index (χ2v) is 7.95. The molecule has 2 aromatic carbocycles. The van der Waals surface area contributed by atoms with Gasteiger partial charge in [-0.2, -0.15) is 0 Å². The molecule has 10 heteroatoms. The first-order valence-corrected chi connectivity index (χ1v) is 11.0. The molecule has 0 radical (unpaired) electrons. The van der Waals surface area contributed by atoms with Gasteiger partial charge in [-0.25, -0.2) is 14.2 Å². The fraction of sp³-hybridized carbons (Fsp3) is 0.130. The summed E-state index contributed by atoms with van der Waals surface area (Å²) in [7, 11) is 0. The number of anilines is 4. The number of carbonyl (C=O) groups excluding carboxylic acids is 3. The van der Waals surface area contributed by atoms with Crippen molar-refractivity contribution in [3.8, 4) is 0 Å². The zero-order valence-electron chi connectivity index (χ0n) is 17.6. The smallest absolute Gasteiger partial charge is 0.321 e. The highest BCUT2D eigenvalue weighted by Crippen LogP contribution is 2.31. The molecule has 0 aliphatic carbocycles. The Morgan fingerprint density at radius 1 is 1.24 bits per heavy atom. The molecule has 0 atom stereocenters. The summed E-state index contributed by atoms with van der Waals surface area (Å²) in [6.45, 7) is 2.47. The third kappa shape index (κ3) is 5.07. The third-order valence-corrected chi connectivity index (χ3v) is 5.64. The highest BCUT2D eigenvalue weighted by molar-refractivity contribution is 7.14. The number of hydrogen-bond acceptors (Lipinski definition) is 5. The fourth-order valence-electron chi connectivity index (χ4n) is 3.31. The Balaban J connectivity index is 1.45. The summed E-state index contributed by atoms with van der Waals surface area (Å²) in [5, 5.41) is 7.45. The maximum absolute atomic E-state index is 14.2. The minimum atomic E-state index is -0.534. The van der Waals surface area contributed by atoms with E-state index in [0.717, 1.165) is 11.3 Å². The van der Waals surface area contributed by atoms with Crippen LogP contribution >= 0.6 is 11.3 Å². The van der Waals surface area contributed by atoms with E-state index in [1.807, 2.05) is 0 Å². The fourth-order valence-corrected chi connectivity index (χ4v) is 4.16. The zero-order valence-corrected chi connectivity index (χ0v) is 18.4. The number of para-hydroxylation sites is 1. The summed E-state index contributed by atoms with van der Waals surface area (Å²) in [5.74, 6) is -1.30. The maximum atomic E-state index is 14.2. The molecule has 2 heterocycles. The van der Waals surface area contributed by atoms with Crippen molar-refractivity contribution in [1.29, 1.82) is 0 Å². The number of rotatable bonds is 6. The Morgan fingerprint density at radius 2 is 2.06 bits per heavy atom. The Kier molecular flexibility index (Phi) is 6.45. The second kappa shape index (κ2) is 9.61. The van der Waals surface area contributed by atoms with Crippen LogP contribution in [-0.2, 0) is 9.59 Å². The average Bonchev–Trinajstić information content (AvgIpc) is 3.43. The van der Waals surface area contributed by atoms with Crippen LogP contribution in [0.3, 0.4) is 0 Å². The zero-order chi connectivity index (χ0) is 23.4. The lowest BCUT2D eigenvalue weighted by atomic mass is 10.2. The number of hydrogen-bond donors (Lipinski definition) is 2. The Labute approximate surface area is 193 Å². The number of nitrogens with one attached hydrogen (secondary N) is 2. The number of amides is 4. The number of urea groups is 1. The van der Waals surface area contributed by atoms with E-state index in [2.05, 4.69) is 15.6 Å². The van der Waals surface area contributed by atoms with Gasteiger partial charge in [0, 0.05) is 42.8 Å². The van der Waals surface area contributed by atoms with E-state index in [4.69, 9.17) is 0 Å². The Hall–Kier alpha value is -4.05. The lowest BCUT2D eigenvalue weighted by Crippen LogP contribution is -2.27. The van der Waals surface area contributed by atoms with Gasteiger partial charge in [0.05, 0.1) is 11.4 Å². The summed E-state index contributed by atoms with van der Waals surface area (Å²) in [6, 6.07) is 12.8. The van der Waals surface area contributed by atoms with E-state index in [1.54, 1.807) is 46.7 Å². The summed E-state index contributed by atoms with van der Waals surface area (Å²) in [5.41, 5.74) is 1.80. The molecule has 4 amide bonds. The molecule has 33 heavy (non-hydrogen) atoms. The highest BCUT2D eigenvalue weighted by Gasteiger charge is 2.22. The normalized spacial score (nSPS) is 13.3. The number of carbonyl (C=O) groups is 3. The average molecular weight is 466 g/mol. The summed E-state index contributed by atoms with van der Waals surface area (Å²) in [6.07, 6.45) is 2.82. The molecule has 3 aromatic rings. The van der Waals surface area contributed by atoms with Gasteiger partial charge in [-0.05, 0) is 36.4 Å². The molecule has 1 saturated heterocycles. The standard InChI is InChI=1S/C23H20FN5O3S/c1-15(30)29(20-8-3-2-7-19(20)24)23-27-17(14-33-23)9-10-21(31)26-16-5-4-6-18(13-16)28-12-11-25-22(28)32/h2-10,13-14H,11-12H2,1H3,(H,25,32)(H,26,31)/b10-9+. The largest absolute Gasteiger partial charge is 0.336 e. The van der Waals surface area contributed by atoms with Gasteiger partial charge in [-0.15, -0.1) is 11.3 Å². The van der Waals surface area contributed by atoms with Crippen LogP contribution in [0.5, 0.6) is 0 Å². The quantitative estimate of drug-likeness (QED) is 0.535. The van der Waals surface area contributed by atoms with Crippen LogP contribution < -0.4 is 20.4 Å². The molecule has 0 unspecified atom stereocenters. The molecule has 1 aliphatic rings. The molecule has 1 fully saturated rings. The molecular formula is C23H20FN5O3S. The van der Waals surface area contributed by atoms with Gasteiger partial charge < -0.3 is 10.6 Å². The van der Waals surface area contributed by atoms with E-state index in [-0.39, 0.29) is 23.5 Å². The first kappa shape index (κ1) is 22.2.